The fraction of sp³-hybridized carbons (Fsp3) is 0.286. The summed E-state index contributed by atoms with van der Waals surface area (Å²) in [5.41, 5.74) is 2.51. The third-order valence-corrected chi connectivity index (χ3v) is 4.89. The Morgan fingerprint density at radius 3 is 2.15 bits per heavy atom. The van der Waals surface area contributed by atoms with Crippen molar-refractivity contribution in [2.75, 3.05) is 23.4 Å². The monoisotopic (exact) mass is 350 g/mol. The number of para-hydroxylation sites is 2. The highest BCUT2D eigenvalue weighted by atomic mass is 16.2. The second-order valence-corrected chi connectivity index (χ2v) is 6.54. The zero-order chi connectivity index (χ0) is 18.8. The molecule has 5 nitrogen and oxygen atoms in total. The fourth-order valence-electron chi connectivity index (χ4n) is 3.26. The molecular formula is C21H22N2O3. The van der Waals surface area contributed by atoms with Crippen LogP contribution in [0.15, 0.2) is 48.5 Å². The van der Waals surface area contributed by atoms with Crippen LogP contribution in [0.1, 0.15) is 41.0 Å². The van der Waals surface area contributed by atoms with Crippen LogP contribution in [0, 0.1) is 5.92 Å². The molecule has 5 heteroatoms. The number of hydrogen-bond acceptors (Lipinski definition) is 3. The van der Waals surface area contributed by atoms with E-state index in [0.717, 1.165) is 11.4 Å². The summed E-state index contributed by atoms with van der Waals surface area (Å²) in [4.78, 5) is 40.7. The van der Waals surface area contributed by atoms with Crippen LogP contribution in [-0.2, 0) is 4.79 Å². The van der Waals surface area contributed by atoms with Gasteiger partial charge in [-0.3, -0.25) is 14.4 Å². The molecule has 1 heterocycles. The van der Waals surface area contributed by atoms with Gasteiger partial charge >= 0.3 is 0 Å². The standard InChI is InChI=1S/C21H22N2O3/c1-4-15-13-23(19-8-6-5-7-18(19)22(3)20(15)25)21(26)17-11-9-16(10-12-17)14(2)24/h5-12,15H,4,13H2,1-3H3/t15-/m0/s1. The smallest absolute Gasteiger partial charge is 0.258 e. The summed E-state index contributed by atoms with van der Waals surface area (Å²) in [6, 6.07) is 14.1. The van der Waals surface area contributed by atoms with E-state index in [9.17, 15) is 14.4 Å². The minimum Gasteiger partial charge on any atom is -0.313 e. The number of anilines is 2. The molecule has 0 saturated heterocycles. The highest BCUT2D eigenvalue weighted by Gasteiger charge is 2.33. The van der Waals surface area contributed by atoms with E-state index < -0.39 is 0 Å². The second kappa shape index (κ2) is 7.12. The van der Waals surface area contributed by atoms with Crippen molar-refractivity contribution in [2.45, 2.75) is 20.3 Å². The first-order valence-corrected chi connectivity index (χ1v) is 8.73. The van der Waals surface area contributed by atoms with Gasteiger partial charge in [-0.2, -0.15) is 0 Å². The van der Waals surface area contributed by atoms with Crippen LogP contribution in [0.25, 0.3) is 0 Å². The molecule has 0 radical (unpaired) electrons. The van der Waals surface area contributed by atoms with Crippen molar-refractivity contribution < 1.29 is 14.4 Å². The van der Waals surface area contributed by atoms with E-state index in [2.05, 4.69) is 0 Å². The molecule has 0 spiro atoms. The van der Waals surface area contributed by atoms with Gasteiger partial charge in [-0.05, 0) is 37.6 Å². The summed E-state index contributed by atoms with van der Waals surface area (Å²) in [7, 11) is 1.75. The molecule has 1 atom stereocenters. The van der Waals surface area contributed by atoms with Gasteiger partial charge in [0.05, 0.1) is 17.3 Å². The van der Waals surface area contributed by atoms with Gasteiger partial charge in [-0.15, -0.1) is 0 Å². The van der Waals surface area contributed by atoms with Crippen molar-refractivity contribution >= 4 is 29.0 Å². The van der Waals surface area contributed by atoms with Crippen molar-refractivity contribution in [3.05, 3.63) is 59.7 Å². The van der Waals surface area contributed by atoms with Crippen LogP contribution in [0.4, 0.5) is 11.4 Å². The third-order valence-electron chi connectivity index (χ3n) is 4.89. The molecule has 26 heavy (non-hydrogen) atoms. The van der Waals surface area contributed by atoms with Crippen LogP contribution < -0.4 is 9.80 Å². The van der Waals surface area contributed by atoms with Gasteiger partial charge in [-0.25, -0.2) is 0 Å². The largest absolute Gasteiger partial charge is 0.313 e. The lowest BCUT2D eigenvalue weighted by molar-refractivity contribution is -0.121. The highest BCUT2D eigenvalue weighted by Crippen LogP contribution is 2.34. The Bertz CT molecular complexity index is 858. The van der Waals surface area contributed by atoms with E-state index in [1.165, 1.54) is 6.92 Å². The number of fused-ring (bicyclic) bond motifs is 1. The number of nitrogens with zero attached hydrogens (tertiary/aromatic N) is 2. The Kier molecular flexibility index (Phi) is 4.89. The zero-order valence-corrected chi connectivity index (χ0v) is 15.2. The molecule has 1 aliphatic rings. The van der Waals surface area contributed by atoms with Gasteiger partial charge in [-0.1, -0.05) is 31.2 Å². The summed E-state index contributed by atoms with van der Waals surface area (Å²) < 4.78 is 0. The lowest BCUT2D eigenvalue weighted by Crippen LogP contribution is -2.38. The van der Waals surface area contributed by atoms with Gasteiger partial charge in [0.1, 0.15) is 0 Å². The Labute approximate surface area is 153 Å². The molecule has 2 aromatic carbocycles. The minimum absolute atomic E-state index is 0.0159. The molecule has 0 fully saturated rings. The predicted octanol–water partition coefficient (Wildman–Crippen LogP) is 3.54. The summed E-state index contributed by atoms with van der Waals surface area (Å²) in [6.07, 6.45) is 0.657. The Morgan fingerprint density at radius 2 is 1.58 bits per heavy atom. The maximum absolute atomic E-state index is 13.2. The summed E-state index contributed by atoms with van der Waals surface area (Å²) in [6.45, 7) is 3.79. The Morgan fingerprint density at radius 1 is 1.00 bits per heavy atom. The Hall–Kier alpha value is -2.95. The summed E-state index contributed by atoms with van der Waals surface area (Å²) in [5, 5.41) is 0. The number of benzene rings is 2. The predicted molar refractivity (Wildman–Crippen MR) is 102 cm³/mol. The van der Waals surface area contributed by atoms with Crippen molar-refractivity contribution in [2.24, 2.45) is 5.92 Å². The molecule has 3 rings (SSSR count). The van der Waals surface area contributed by atoms with Crippen molar-refractivity contribution in [3.63, 3.8) is 0 Å². The van der Waals surface area contributed by atoms with Crippen molar-refractivity contribution in [3.8, 4) is 0 Å². The second-order valence-electron chi connectivity index (χ2n) is 6.54. The van der Waals surface area contributed by atoms with Crippen LogP contribution in [0.3, 0.4) is 0 Å². The molecule has 0 bridgehead atoms. The topological polar surface area (TPSA) is 57.7 Å². The average molecular weight is 350 g/mol. The zero-order valence-electron chi connectivity index (χ0n) is 15.2. The first kappa shape index (κ1) is 17.9. The molecule has 0 unspecified atom stereocenters. The average Bonchev–Trinajstić information content (AvgIpc) is 2.77. The number of amides is 2. The SMILES string of the molecule is CC[C@H]1CN(C(=O)c2ccc(C(C)=O)cc2)c2ccccc2N(C)C1=O. The summed E-state index contributed by atoms with van der Waals surface area (Å²) >= 11 is 0. The molecule has 0 aliphatic carbocycles. The Balaban J connectivity index is 2.03. The van der Waals surface area contributed by atoms with Crippen LogP contribution in [0.5, 0.6) is 0 Å². The fourth-order valence-corrected chi connectivity index (χ4v) is 3.26. The first-order chi connectivity index (χ1) is 12.4. The van der Waals surface area contributed by atoms with E-state index in [-0.39, 0.29) is 23.5 Å². The molecule has 0 saturated carbocycles. The summed E-state index contributed by atoms with van der Waals surface area (Å²) in [5.74, 6) is -0.452. The first-order valence-electron chi connectivity index (χ1n) is 8.73. The number of rotatable bonds is 3. The van der Waals surface area contributed by atoms with Crippen molar-refractivity contribution in [1.82, 2.24) is 0 Å². The number of hydrogen-bond donors (Lipinski definition) is 0. The molecule has 134 valence electrons. The number of carbonyl (C=O) groups excluding carboxylic acids is 3. The lowest BCUT2D eigenvalue weighted by atomic mass is 10.0. The van der Waals surface area contributed by atoms with E-state index in [0.29, 0.717) is 24.1 Å². The van der Waals surface area contributed by atoms with E-state index in [1.54, 1.807) is 41.1 Å². The van der Waals surface area contributed by atoms with E-state index in [4.69, 9.17) is 0 Å². The van der Waals surface area contributed by atoms with Gasteiger partial charge < -0.3 is 9.80 Å². The van der Waals surface area contributed by atoms with Crippen LogP contribution in [-0.4, -0.2) is 31.2 Å². The molecule has 1 aliphatic heterocycles. The molecule has 0 aromatic heterocycles. The maximum Gasteiger partial charge on any atom is 0.258 e. The molecule has 2 amide bonds. The number of Topliss-reactive ketones (excluding diaryl/α,β-unsaturated/α-hetero) is 1. The normalized spacial score (nSPS) is 16.9. The molecule has 2 aromatic rings. The number of ketones is 1. The van der Waals surface area contributed by atoms with Gasteiger partial charge in [0, 0.05) is 24.7 Å². The third kappa shape index (κ3) is 3.12. The maximum atomic E-state index is 13.2. The molecule has 0 N–H and O–H groups in total. The van der Waals surface area contributed by atoms with Gasteiger partial charge in [0.2, 0.25) is 5.91 Å². The van der Waals surface area contributed by atoms with E-state index >= 15 is 0 Å². The van der Waals surface area contributed by atoms with Crippen LogP contribution in [0.2, 0.25) is 0 Å². The van der Waals surface area contributed by atoms with Crippen molar-refractivity contribution in [1.29, 1.82) is 0 Å². The van der Waals surface area contributed by atoms with Crippen LogP contribution >= 0.6 is 0 Å². The number of carbonyl (C=O) groups is 3. The lowest BCUT2D eigenvalue weighted by Gasteiger charge is -2.24. The molecular weight excluding hydrogens is 328 g/mol. The van der Waals surface area contributed by atoms with Gasteiger partial charge in [0.25, 0.3) is 5.91 Å². The highest BCUT2D eigenvalue weighted by molar-refractivity contribution is 6.11. The van der Waals surface area contributed by atoms with E-state index in [1.807, 2.05) is 31.2 Å². The van der Waals surface area contributed by atoms with Gasteiger partial charge in [0.15, 0.2) is 5.78 Å². The minimum atomic E-state index is -0.257. The quantitative estimate of drug-likeness (QED) is 0.796.